The summed E-state index contributed by atoms with van der Waals surface area (Å²) in [4.78, 5) is 37.1. The zero-order valence-electron chi connectivity index (χ0n) is 18.8. The van der Waals surface area contributed by atoms with Crippen LogP contribution >= 0.6 is 23.2 Å². The van der Waals surface area contributed by atoms with Crippen LogP contribution in [-0.2, 0) is 35.6 Å². The number of pyridine rings is 1. The highest BCUT2D eigenvalue weighted by Gasteiger charge is 2.17. The zero-order chi connectivity index (χ0) is 23.9. The minimum Gasteiger partial charge on any atom is -0.444 e. The molecule has 2 rings (SSSR count). The average molecular weight is 482 g/mol. The number of rotatable bonds is 8. The first-order valence-electron chi connectivity index (χ1n) is 10.3. The van der Waals surface area contributed by atoms with Gasteiger partial charge >= 0.3 is 6.09 Å². The molecule has 0 spiro atoms. The quantitative estimate of drug-likeness (QED) is 0.558. The number of amides is 2. The van der Waals surface area contributed by atoms with Gasteiger partial charge in [-0.3, -0.25) is 9.59 Å². The van der Waals surface area contributed by atoms with Crippen LogP contribution in [0.15, 0.2) is 35.3 Å². The maximum Gasteiger partial charge on any atom is 0.407 e. The van der Waals surface area contributed by atoms with Crippen molar-refractivity contribution >= 4 is 35.2 Å². The SMILES string of the molecule is Cc1ccn(CCCl)c(=O)c1CC(=O)NCc1cc(Cl)ccc1CNC(=O)OC(C)(C)C. The Morgan fingerprint density at radius 3 is 2.44 bits per heavy atom. The maximum absolute atomic E-state index is 12.6. The molecule has 0 bridgehead atoms. The molecular formula is C23H29Cl2N3O4. The van der Waals surface area contributed by atoms with Crippen molar-refractivity contribution in [2.75, 3.05) is 5.88 Å². The molecule has 1 aromatic carbocycles. The van der Waals surface area contributed by atoms with E-state index in [1.807, 2.05) is 0 Å². The Bertz CT molecular complexity index is 1030. The number of hydrogen-bond donors (Lipinski definition) is 2. The van der Waals surface area contributed by atoms with Gasteiger partial charge in [0.05, 0.1) is 6.42 Å². The third kappa shape index (κ3) is 7.88. The first-order valence-corrected chi connectivity index (χ1v) is 11.2. The van der Waals surface area contributed by atoms with E-state index in [4.69, 9.17) is 27.9 Å². The van der Waals surface area contributed by atoms with Crippen LogP contribution in [0.5, 0.6) is 0 Å². The molecule has 2 aromatic rings. The van der Waals surface area contributed by atoms with Gasteiger partial charge in [0.15, 0.2) is 0 Å². The van der Waals surface area contributed by atoms with E-state index in [2.05, 4.69) is 10.6 Å². The predicted octanol–water partition coefficient (Wildman–Crippen LogP) is 3.93. The van der Waals surface area contributed by atoms with Crippen LogP contribution < -0.4 is 16.2 Å². The molecule has 0 aliphatic carbocycles. The first kappa shape index (κ1) is 25.7. The van der Waals surface area contributed by atoms with Crippen molar-refractivity contribution in [2.24, 2.45) is 0 Å². The maximum atomic E-state index is 12.6. The standard InChI is InChI=1S/C23H29Cl2N3O4/c1-15-7-9-28(10-8-24)21(30)19(15)12-20(29)26-14-17-11-18(25)6-5-16(17)13-27-22(31)32-23(2,3)4/h5-7,9,11H,8,10,12-14H2,1-4H3,(H,26,29)(H,27,31). The van der Waals surface area contributed by atoms with E-state index >= 15 is 0 Å². The highest BCUT2D eigenvalue weighted by molar-refractivity contribution is 6.30. The summed E-state index contributed by atoms with van der Waals surface area (Å²) in [5.74, 6) is 0.0172. The number of nitrogens with one attached hydrogen (secondary N) is 2. The molecule has 7 nitrogen and oxygen atoms in total. The van der Waals surface area contributed by atoms with Crippen LogP contribution in [0.4, 0.5) is 4.79 Å². The van der Waals surface area contributed by atoms with Gasteiger partial charge in [-0.05, 0) is 62.6 Å². The fraction of sp³-hybridized carbons (Fsp3) is 0.435. The summed E-state index contributed by atoms with van der Waals surface area (Å²) >= 11 is 11.9. The lowest BCUT2D eigenvalue weighted by Crippen LogP contribution is -2.33. The van der Waals surface area contributed by atoms with Crippen LogP contribution in [0, 0.1) is 6.92 Å². The molecule has 0 radical (unpaired) electrons. The van der Waals surface area contributed by atoms with Crippen molar-refractivity contribution in [1.29, 1.82) is 0 Å². The Morgan fingerprint density at radius 2 is 1.78 bits per heavy atom. The number of halogens is 2. The van der Waals surface area contributed by atoms with Crippen LogP contribution in [-0.4, -0.2) is 28.0 Å². The summed E-state index contributed by atoms with van der Waals surface area (Å²) in [6.07, 6.45) is 1.10. The van der Waals surface area contributed by atoms with Gasteiger partial charge in [0.1, 0.15) is 5.60 Å². The molecule has 1 aromatic heterocycles. The molecule has 2 N–H and O–H groups in total. The Hall–Kier alpha value is -2.51. The number of nitrogens with zero attached hydrogens (tertiary/aromatic N) is 1. The summed E-state index contributed by atoms with van der Waals surface area (Å²) in [5, 5.41) is 6.05. The van der Waals surface area contributed by atoms with Crippen LogP contribution in [0.25, 0.3) is 0 Å². The van der Waals surface area contributed by atoms with Gasteiger partial charge in [-0.25, -0.2) is 4.79 Å². The summed E-state index contributed by atoms with van der Waals surface area (Å²) in [6, 6.07) is 7.03. The number of benzene rings is 1. The van der Waals surface area contributed by atoms with Gasteiger partial charge in [0, 0.05) is 42.3 Å². The Kier molecular flexibility index (Phi) is 9.16. The largest absolute Gasteiger partial charge is 0.444 e. The molecule has 0 unspecified atom stereocenters. The molecule has 0 aliphatic heterocycles. The smallest absolute Gasteiger partial charge is 0.407 e. The molecule has 0 saturated heterocycles. The van der Waals surface area contributed by atoms with E-state index in [0.717, 1.165) is 16.7 Å². The molecule has 0 aliphatic rings. The number of ether oxygens (including phenoxy) is 1. The second-order valence-electron chi connectivity index (χ2n) is 8.39. The summed E-state index contributed by atoms with van der Waals surface area (Å²) in [5.41, 5.74) is 1.92. The third-order valence-electron chi connectivity index (χ3n) is 4.63. The number of aromatic nitrogens is 1. The van der Waals surface area contributed by atoms with Crippen LogP contribution in [0.2, 0.25) is 5.02 Å². The molecule has 2 amide bonds. The highest BCUT2D eigenvalue weighted by Crippen LogP contribution is 2.17. The minimum absolute atomic E-state index is 0.0418. The van der Waals surface area contributed by atoms with Gasteiger partial charge in [-0.2, -0.15) is 0 Å². The molecule has 174 valence electrons. The minimum atomic E-state index is -0.598. The van der Waals surface area contributed by atoms with E-state index in [-0.39, 0.29) is 31.0 Å². The Morgan fingerprint density at radius 1 is 1.09 bits per heavy atom. The third-order valence-corrected chi connectivity index (χ3v) is 5.03. The van der Waals surface area contributed by atoms with E-state index in [1.165, 1.54) is 4.57 Å². The van der Waals surface area contributed by atoms with E-state index in [1.54, 1.807) is 58.2 Å². The predicted molar refractivity (Wildman–Crippen MR) is 126 cm³/mol. The molecule has 0 saturated carbocycles. The molecular weight excluding hydrogens is 453 g/mol. The second-order valence-corrected chi connectivity index (χ2v) is 9.20. The average Bonchev–Trinajstić information content (AvgIpc) is 2.69. The van der Waals surface area contributed by atoms with Gasteiger partial charge in [0.2, 0.25) is 5.91 Å². The van der Waals surface area contributed by atoms with Crippen molar-refractivity contribution in [2.45, 2.75) is 59.4 Å². The number of alkyl carbamates (subject to hydrolysis) is 1. The van der Waals surface area contributed by atoms with Crippen LogP contribution in [0.1, 0.15) is 43.0 Å². The fourth-order valence-electron chi connectivity index (χ4n) is 3.02. The van der Waals surface area contributed by atoms with Crippen molar-refractivity contribution < 1.29 is 14.3 Å². The summed E-state index contributed by atoms with van der Waals surface area (Å²) in [7, 11) is 0. The molecule has 1 heterocycles. The van der Waals surface area contributed by atoms with Crippen molar-refractivity contribution in [3.8, 4) is 0 Å². The van der Waals surface area contributed by atoms with Crippen molar-refractivity contribution in [1.82, 2.24) is 15.2 Å². The Labute approximate surface area is 198 Å². The van der Waals surface area contributed by atoms with Gasteiger partial charge in [-0.1, -0.05) is 17.7 Å². The van der Waals surface area contributed by atoms with Crippen molar-refractivity contribution in [3.63, 3.8) is 0 Å². The normalized spacial score (nSPS) is 11.2. The molecule has 0 atom stereocenters. The van der Waals surface area contributed by atoms with E-state index in [9.17, 15) is 14.4 Å². The molecule has 9 heteroatoms. The summed E-state index contributed by atoms with van der Waals surface area (Å²) < 4.78 is 6.75. The van der Waals surface area contributed by atoms with E-state index in [0.29, 0.717) is 23.0 Å². The van der Waals surface area contributed by atoms with E-state index < -0.39 is 11.7 Å². The zero-order valence-corrected chi connectivity index (χ0v) is 20.3. The first-order chi connectivity index (χ1) is 15.0. The number of aryl methyl sites for hydroxylation is 2. The lowest BCUT2D eigenvalue weighted by atomic mass is 10.1. The Balaban J connectivity index is 2.05. The lowest BCUT2D eigenvalue weighted by molar-refractivity contribution is -0.120. The second kappa shape index (κ2) is 11.4. The van der Waals surface area contributed by atoms with Gasteiger partial charge in [0.25, 0.3) is 5.56 Å². The lowest BCUT2D eigenvalue weighted by Gasteiger charge is -2.20. The number of carbonyl (C=O) groups excluding carboxylic acids is 2. The topological polar surface area (TPSA) is 89.4 Å². The molecule has 32 heavy (non-hydrogen) atoms. The fourth-order valence-corrected chi connectivity index (χ4v) is 3.40. The van der Waals surface area contributed by atoms with Crippen molar-refractivity contribution in [3.05, 3.63) is 68.1 Å². The highest BCUT2D eigenvalue weighted by atomic mass is 35.5. The number of hydrogen-bond acceptors (Lipinski definition) is 4. The number of carbonyl (C=O) groups is 2. The molecule has 0 fully saturated rings. The number of alkyl halides is 1. The van der Waals surface area contributed by atoms with Gasteiger partial charge < -0.3 is 19.9 Å². The van der Waals surface area contributed by atoms with Crippen LogP contribution in [0.3, 0.4) is 0 Å². The summed E-state index contributed by atoms with van der Waals surface area (Å²) in [6.45, 7) is 7.96. The monoisotopic (exact) mass is 481 g/mol. The van der Waals surface area contributed by atoms with Gasteiger partial charge in [-0.15, -0.1) is 11.6 Å².